The van der Waals surface area contributed by atoms with Gasteiger partial charge in [0.05, 0.1) is 6.21 Å². The van der Waals surface area contributed by atoms with Gasteiger partial charge in [0.15, 0.2) is 6.61 Å². The summed E-state index contributed by atoms with van der Waals surface area (Å²) in [6.07, 6.45) is 1.53. The van der Waals surface area contributed by atoms with Crippen LogP contribution in [-0.4, -0.2) is 30.7 Å². The number of hydrogen-bond donors (Lipinski definition) is 2. The van der Waals surface area contributed by atoms with E-state index in [9.17, 15) is 9.59 Å². The maximum Gasteiger partial charge on any atom is 0.262 e. The van der Waals surface area contributed by atoms with Crippen molar-refractivity contribution < 1.29 is 19.1 Å². The van der Waals surface area contributed by atoms with Crippen LogP contribution >= 0.6 is 0 Å². The van der Waals surface area contributed by atoms with Gasteiger partial charge in [-0.05, 0) is 98.8 Å². The van der Waals surface area contributed by atoms with Crippen LogP contribution in [0.3, 0.4) is 0 Å². The second-order valence-electron chi connectivity index (χ2n) is 8.86. The maximum absolute atomic E-state index is 12.2. The third kappa shape index (κ3) is 7.98. The fourth-order valence-corrected chi connectivity index (χ4v) is 3.71. The van der Waals surface area contributed by atoms with Gasteiger partial charge in [-0.25, -0.2) is 5.43 Å². The van der Waals surface area contributed by atoms with E-state index >= 15 is 0 Å². The molecule has 0 saturated carbocycles. The lowest BCUT2D eigenvalue weighted by Crippen LogP contribution is -2.45. The van der Waals surface area contributed by atoms with Gasteiger partial charge in [0.25, 0.3) is 11.8 Å². The first kappa shape index (κ1) is 26.5. The van der Waals surface area contributed by atoms with Crippen molar-refractivity contribution in [2.45, 2.75) is 47.3 Å². The van der Waals surface area contributed by atoms with E-state index < -0.39 is 17.9 Å². The summed E-state index contributed by atoms with van der Waals surface area (Å²) in [5.74, 6) is 0.525. The number of rotatable bonds is 10. The summed E-state index contributed by atoms with van der Waals surface area (Å²) in [6, 6.07) is 18.4. The molecule has 1 unspecified atom stereocenters. The molecular weight excluding hydrogens is 454 g/mol. The predicted octanol–water partition coefficient (Wildman–Crippen LogP) is 4.53. The van der Waals surface area contributed by atoms with Crippen LogP contribution in [-0.2, 0) is 16.2 Å². The van der Waals surface area contributed by atoms with E-state index in [1.54, 1.807) is 13.0 Å². The number of nitrogens with one attached hydrogen (secondary N) is 2. The molecule has 1 atom stereocenters. The molecule has 7 nitrogen and oxygen atoms in total. The number of carbonyl (C=O) groups excluding carboxylic acids is 2. The molecular formula is C29H33N3O4. The summed E-state index contributed by atoms with van der Waals surface area (Å²) >= 11 is 0. The van der Waals surface area contributed by atoms with Crippen molar-refractivity contribution >= 4 is 18.0 Å². The fourth-order valence-electron chi connectivity index (χ4n) is 3.71. The zero-order valence-corrected chi connectivity index (χ0v) is 21.4. The highest BCUT2D eigenvalue weighted by Crippen LogP contribution is 2.20. The van der Waals surface area contributed by atoms with Gasteiger partial charge in [0, 0.05) is 0 Å². The van der Waals surface area contributed by atoms with Crippen molar-refractivity contribution in [2.75, 3.05) is 6.61 Å². The average molecular weight is 488 g/mol. The lowest BCUT2D eigenvalue weighted by Gasteiger charge is -2.13. The molecule has 0 spiro atoms. The molecule has 3 aromatic carbocycles. The minimum atomic E-state index is -0.764. The molecule has 0 saturated heterocycles. The Kier molecular flexibility index (Phi) is 9.22. The van der Waals surface area contributed by atoms with E-state index in [0.717, 1.165) is 16.9 Å². The highest BCUT2D eigenvalue weighted by atomic mass is 16.5. The quantitative estimate of drug-likeness (QED) is 0.325. The number of carbonyl (C=O) groups is 2. The monoisotopic (exact) mass is 487 g/mol. The van der Waals surface area contributed by atoms with Crippen molar-refractivity contribution in [3.05, 3.63) is 94.0 Å². The Morgan fingerprint density at radius 1 is 0.889 bits per heavy atom. The number of amides is 2. The second kappa shape index (κ2) is 12.5. The van der Waals surface area contributed by atoms with E-state index in [1.807, 2.05) is 49.4 Å². The molecule has 0 aliphatic rings. The highest BCUT2D eigenvalue weighted by molar-refractivity contribution is 5.88. The standard InChI is InChI=1S/C29H33N3O4/c1-19-7-6-8-26(15-19)36-18-28(33)31-23(5)29(34)32-30-16-24-9-11-25(12-10-24)35-17-27-21(3)13-20(2)14-22(27)4/h6-16,23H,17-18H2,1-5H3,(H,31,33)(H,32,34)/b30-16+. The summed E-state index contributed by atoms with van der Waals surface area (Å²) in [5.41, 5.74) is 9.15. The van der Waals surface area contributed by atoms with Gasteiger partial charge in [-0.3, -0.25) is 9.59 Å². The topological polar surface area (TPSA) is 89.0 Å². The van der Waals surface area contributed by atoms with Crippen LogP contribution in [0.15, 0.2) is 65.8 Å². The van der Waals surface area contributed by atoms with E-state index in [2.05, 4.69) is 48.7 Å². The SMILES string of the molecule is Cc1cccc(OCC(=O)NC(C)C(=O)N/N=C/c2ccc(OCc3c(C)cc(C)cc3C)cc2)c1. The normalized spacial score (nSPS) is 11.7. The Balaban J connectivity index is 1.42. The number of benzene rings is 3. The first-order chi connectivity index (χ1) is 17.2. The molecule has 2 N–H and O–H groups in total. The van der Waals surface area contributed by atoms with E-state index in [1.165, 1.54) is 28.5 Å². The summed E-state index contributed by atoms with van der Waals surface area (Å²) in [4.78, 5) is 24.3. The highest BCUT2D eigenvalue weighted by Gasteiger charge is 2.15. The minimum absolute atomic E-state index is 0.179. The first-order valence-electron chi connectivity index (χ1n) is 11.8. The molecule has 0 aliphatic carbocycles. The third-order valence-electron chi connectivity index (χ3n) is 5.62. The number of nitrogens with zero attached hydrogens (tertiary/aromatic N) is 1. The van der Waals surface area contributed by atoms with Crippen LogP contribution in [0.2, 0.25) is 0 Å². The molecule has 7 heteroatoms. The second-order valence-corrected chi connectivity index (χ2v) is 8.86. The molecule has 0 fully saturated rings. The summed E-state index contributed by atoms with van der Waals surface area (Å²) in [5, 5.41) is 6.57. The molecule has 3 aromatic rings. The predicted molar refractivity (Wildman–Crippen MR) is 141 cm³/mol. The Morgan fingerprint density at radius 3 is 2.25 bits per heavy atom. The van der Waals surface area contributed by atoms with Gasteiger partial charge in [0.1, 0.15) is 24.1 Å². The molecule has 188 valence electrons. The Hall–Kier alpha value is -4.13. The van der Waals surface area contributed by atoms with Gasteiger partial charge in [-0.15, -0.1) is 0 Å². The summed E-state index contributed by atoms with van der Waals surface area (Å²) in [7, 11) is 0. The number of hydrazone groups is 1. The van der Waals surface area contributed by atoms with E-state index in [4.69, 9.17) is 9.47 Å². The van der Waals surface area contributed by atoms with E-state index in [0.29, 0.717) is 12.4 Å². The number of hydrogen-bond acceptors (Lipinski definition) is 5. The zero-order valence-electron chi connectivity index (χ0n) is 21.4. The molecule has 0 heterocycles. The Morgan fingerprint density at radius 2 is 1.58 bits per heavy atom. The van der Waals surface area contributed by atoms with Gasteiger partial charge in [-0.2, -0.15) is 5.10 Å². The van der Waals surface area contributed by atoms with Crippen molar-refractivity contribution in [1.82, 2.24) is 10.7 Å². The third-order valence-corrected chi connectivity index (χ3v) is 5.62. The van der Waals surface area contributed by atoms with Crippen LogP contribution in [0.5, 0.6) is 11.5 Å². The lowest BCUT2D eigenvalue weighted by molar-refractivity contribution is -0.129. The van der Waals surface area contributed by atoms with Crippen LogP contribution in [0.4, 0.5) is 0 Å². The summed E-state index contributed by atoms with van der Waals surface area (Å²) < 4.78 is 11.4. The van der Waals surface area contributed by atoms with Crippen LogP contribution in [0.1, 0.15) is 40.3 Å². The Bertz CT molecular complexity index is 1210. The van der Waals surface area contributed by atoms with Gasteiger partial charge < -0.3 is 14.8 Å². The molecule has 3 rings (SSSR count). The Labute approximate surface area is 212 Å². The van der Waals surface area contributed by atoms with Crippen molar-refractivity contribution in [3.63, 3.8) is 0 Å². The molecule has 0 bridgehead atoms. The van der Waals surface area contributed by atoms with Crippen molar-refractivity contribution in [2.24, 2.45) is 5.10 Å². The van der Waals surface area contributed by atoms with Gasteiger partial charge in [-0.1, -0.05) is 29.8 Å². The fraction of sp³-hybridized carbons (Fsp3) is 0.276. The molecule has 0 aliphatic heterocycles. The van der Waals surface area contributed by atoms with Crippen LogP contribution < -0.4 is 20.2 Å². The van der Waals surface area contributed by atoms with Crippen molar-refractivity contribution in [1.29, 1.82) is 0 Å². The average Bonchev–Trinajstić information content (AvgIpc) is 2.83. The zero-order chi connectivity index (χ0) is 26.1. The molecule has 0 radical (unpaired) electrons. The molecule has 0 aromatic heterocycles. The first-order valence-corrected chi connectivity index (χ1v) is 11.8. The number of aryl methyl sites for hydroxylation is 4. The van der Waals surface area contributed by atoms with E-state index in [-0.39, 0.29) is 6.61 Å². The van der Waals surface area contributed by atoms with Crippen LogP contribution in [0.25, 0.3) is 0 Å². The smallest absolute Gasteiger partial charge is 0.262 e. The maximum atomic E-state index is 12.2. The molecule has 2 amide bonds. The molecule has 36 heavy (non-hydrogen) atoms. The van der Waals surface area contributed by atoms with Crippen molar-refractivity contribution in [3.8, 4) is 11.5 Å². The van der Waals surface area contributed by atoms with Gasteiger partial charge >= 0.3 is 0 Å². The number of ether oxygens (including phenoxy) is 2. The lowest BCUT2D eigenvalue weighted by atomic mass is 10.0. The largest absolute Gasteiger partial charge is 0.489 e. The summed E-state index contributed by atoms with van der Waals surface area (Å²) in [6.45, 7) is 10.1. The van der Waals surface area contributed by atoms with Crippen LogP contribution in [0, 0.1) is 27.7 Å². The minimum Gasteiger partial charge on any atom is -0.489 e. The van der Waals surface area contributed by atoms with Gasteiger partial charge in [0.2, 0.25) is 0 Å².